The molecule has 1 aliphatic carbocycles. The van der Waals surface area contributed by atoms with Crippen LogP contribution < -0.4 is 0 Å². The molecule has 1 atom stereocenters. The Morgan fingerprint density at radius 2 is 2.00 bits per heavy atom. The molecule has 0 aliphatic heterocycles. The van der Waals surface area contributed by atoms with Crippen LogP contribution in [-0.4, -0.2) is 10.9 Å². The van der Waals surface area contributed by atoms with Gasteiger partial charge in [0.25, 0.3) is 0 Å². The summed E-state index contributed by atoms with van der Waals surface area (Å²) in [5.74, 6) is 0.0442. The second kappa shape index (κ2) is 2.78. The van der Waals surface area contributed by atoms with E-state index in [0.717, 1.165) is 10.4 Å². The molecule has 2 heterocycles. The summed E-state index contributed by atoms with van der Waals surface area (Å²) in [6, 6.07) is 3.63. The van der Waals surface area contributed by atoms with Crippen molar-refractivity contribution in [1.29, 1.82) is 0 Å². The summed E-state index contributed by atoms with van der Waals surface area (Å²) in [7, 11) is 0. The van der Waals surface area contributed by atoms with Crippen LogP contribution in [0.2, 0.25) is 0 Å². The van der Waals surface area contributed by atoms with Crippen molar-refractivity contribution >= 4 is 28.5 Å². The van der Waals surface area contributed by atoms with Crippen molar-refractivity contribution in [2.75, 3.05) is 0 Å². The number of hydrogen-bond acceptors (Lipinski definition) is 4. The number of aliphatic hydroxyl groups is 1. The molecule has 76 valence electrons. The van der Waals surface area contributed by atoms with E-state index in [-0.39, 0.29) is 5.78 Å². The number of carbonyl (C=O) groups is 1. The Morgan fingerprint density at radius 1 is 1.27 bits per heavy atom. The van der Waals surface area contributed by atoms with Gasteiger partial charge in [-0.2, -0.15) is 0 Å². The number of hydrogen-bond donors (Lipinski definition) is 1. The predicted molar refractivity (Wildman–Crippen MR) is 60.7 cm³/mol. The normalized spacial score (nSPS) is 23.7. The molecule has 0 amide bonds. The first kappa shape index (κ1) is 9.27. The van der Waals surface area contributed by atoms with Gasteiger partial charge in [0.05, 0.1) is 9.75 Å². The Morgan fingerprint density at radius 3 is 2.80 bits per heavy atom. The van der Waals surface area contributed by atoms with E-state index >= 15 is 0 Å². The summed E-state index contributed by atoms with van der Waals surface area (Å²) >= 11 is 2.83. The minimum Gasteiger partial charge on any atom is -0.380 e. The fraction of sp³-hybridized carbons (Fsp3) is 0.182. The molecule has 0 spiro atoms. The van der Waals surface area contributed by atoms with Crippen molar-refractivity contribution in [2.24, 2.45) is 0 Å². The molecule has 2 nitrogen and oxygen atoms in total. The molecule has 0 aromatic carbocycles. The van der Waals surface area contributed by atoms with Gasteiger partial charge in [-0.15, -0.1) is 22.7 Å². The summed E-state index contributed by atoms with van der Waals surface area (Å²) in [4.78, 5) is 13.5. The van der Waals surface area contributed by atoms with Crippen LogP contribution in [0.15, 0.2) is 22.9 Å². The predicted octanol–water partition coefficient (Wildman–Crippen LogP) is 2.61. The van der Waals surface area contributed by atoms with E-state index in [4.69, 9.17) is 0 Å². The summed E-state index contributed by atoms with van der Waals surface area (Å²) < 4.78 is 0. The van der Waals surface area contributed by atoms with Crippen molar-refractivity contribution in [3.63, 3.8) is 0 Å². The molecule has 15 heavy (non-hydrogen) atoms. The number of fused-ring (bicyclic) bond motifs is 2. The highest BCUT2D eigenvalue weighted by Crippen LogP contribution is 2.44. The van der Waals surface area contributed by atoms with Crippen molar-refractivity contribution in [2.45, 2.75) is 12.5 Å². The lowest BCUT2D eigenvalue weighted by atomic mass is 9.85. The SMILES string of the molecule is CC1(O)c2ccsc2C(=O)c2ccsc21. The molecule has 2 aromatic heterocycles. The summed E-state index contributed by atoms with van der Waals surface area (Å²) in [6.07, 6.45) is 0. The fourth-order valence-corrected chi connectivity index (χ4v) is 3.90. The van der Waals surface area contributed by atoms with Gasteiger partial charge in [0.1, 0.15) is 5.60 Å². The maximum absolute atomic E-state index is 12.0. The van der Waals surface area contributed by atoms with E-state index in [9.17, 15) is 9.90 Å². The highest BCUT2D eigenvalue weighted by molar-refractivity contribution is 7.13. The maximum atomic E-state index is 12.0. The lowest BCUT2D eigenvalue weighted by molar-refractivity contribution is 0.0896. The van der Waals surface area contributed by atoms with Crippen LogP contribution in [0.3, 0.4) is 0 Å². The summed E-state index contributed by atoms with van der Waals surface area (Å²) in [5.41, 5.74) is 0.389. The van der Waals surface area contributed by atoms with Crippen molar-refractivity contribution < 1.29 is 9.90 Å². The number of carbonyl (C=O) groups excluding carboxylic acids is 1. The highest BCUT2D eigenvalue weighted by atomic mass is 32.1. The lowest BCUT2D eigenvalue weighted by Gasteiger charge is -2.27. The summed E-state index contributed by atoms with van der Waals surface area (Å²) in [5, 5.41) is 14.1. The van der Waals surface area contributed by atoms with Gasteiger partial charge in [0.2, 0.25) is 5.78 Å². The van der Waals surface area contributed by atoms with E-state index in [0.29, 0.717) is 10.4 Å². The quantitative estimate of drug-likeness (QED) is 0.763. The van der Waals surface area contributed by atoms with Gasteiger partial charge >= 0.3 is 0 Å². The Kier molecular flexibility index (Phi) is 1.72. The van der Waals surface area contributed by atoms with Crippen LogP contribution >= 0.6 is 22.7 Å². The second-order valence-electron chi connectivity index (χ2n) is 3.73. The highest BCUT2D eigenvalue weighted by Gasteiger charge is 2.40. The first-order valence-electron chi connectivity index (χ1n) is 4.55. The first-order valence-corrected chi connectivity index (χ1v) is 6.31. The van der Waals surface area contributed by atoms with Crippen molar-refractivity contribution in [3.8, 4) is 0 Å². The average Bonchev–Trinajstić information content (AvgIpc) is 2.84. The molecule has 1 N–H and O–H groups in total. The van der Waals surface area contributed by atoms with Crippen LogP contribution in [0.5, 0.6) is 0 Å². The van der Waals surface area contributed by atoms with Gasteiger partial charge in [-0.05, 0) is 29.8 Å². The number of thiophene rings is 2. The maximum Gasteiger partial charge on any atom is 0.204 e. The molecule has 1 aliphatic rings. The minimum absolute atomic E-state index is 0.0442. The monoisotopic (exact) mass is 236 g/mol. The third-order valence-corrected chi connectivity index (χ3v) is 4.79. The molecule has 2 aromatic rings. The van der Waals surface area contributed by atoms with E-state index < -0.39 is 5.60 Å². The smallest absolute Gasteiger partial charge is 0.204 e. The second-order valence-corrected chi connectivity index (χ2v) is 5.56. The van der Waals surface area contributed by atoms with Crippen LogP contribution in [0, 0.1) is 0 Å². The average molecular weight is 236 g/mol. The Balaban J connectivity index is 2.38. The molecule has 1 unspecified atom stereocenters. The van der Waals surface area contributed by atoms with Crippen LogP contribution in [0.1, 0.15) is 32.6 Å². The zero-order valence-electron chi connectivity index (χ0n) is 7.98. The van der Waals surface area contributed by atoms with Gasteiger partial charge in [0, 0.05) is 11.1 Å². The molecule has 4 heteroatoms. The molecular weight excluding hydrogens is 228 g/mol. The van der Waals surface area contributed by atoms with Crippen molar-refractivity contribution in [1.82, 2.24) is 0 Å². The summed E-state index contributed by atoms with van der Waals surface area (Å²) in [6.45, 7) is 1.75. The Hall–Kier alpha value is -0.970. The van der Waals surface area contributed by atoms with Gasteiger partial charge in [-0.1, -0.05) is 0 Å². The largest absolute Gasteiger partial charge is 0.380 e. The Labute approximate surface area is 94.8 Å². The first-order chi connectivity index (χ1) is 7.12. The molecule has 3 rings (SSSR count). The van der Waals surface area contributed by atoms with Crippen LogP contribution in [0.4, 0.5) is 0 Å². The van der Waals surface area contributed by atoms with Gasteiger partial charge in [-0.25, -0.2) is 0 Å². The molecule has 0 bridgehead atoms. The van der Waals surface area contributed by atoms with Gasteiger partial charge in [-0.3, -0.25) is 4.79 Å². The molecule has 0 saturated heterocycles. The fourth-order valence-electron chi connectivity index (χ4n) is 1.98. The standard InChI is InChI=1S/C11H8O2S2/c1-11(13)7-3-5-14-9(7)8(12)6-2-4-15-10(6)11/h2-5,13H,1H3. The van der Waals surface area contributed by atoms with Gasteiger partial charge in [0.15, 0.2) is 0 Å². The number of ketones is 1. The van der Waals surface area contributed by atoms with Gasteiger partial charge < -0.3 is 5.11 Å². The third kappa shape index (κ3) is 1.04. The minimum atomic E-state index is -1.01. The topological polar surface area (TPSA) is 37.3 Å². The molecule has 0 fully saturated rings. The van der Waals surface area contributed by atoms with E-state index in [1.54, 1.807) is 13.0 Å². The van der Waals surface area contributed by atoms with Crippen LogP contribution in [-0.2, 0) is 5.60 Å². The third-order valence-electron chi connectivity index (χ3n) is 2.75. The zero-order valence-corrected chi connectivity index (χ0v) is 9.61. The Bertz CT molecular complexity index is 502. The molecule has 0 saturated carbocycles. The zero-order chi connectivity index (χ0) is 10.6. The van der Waals surface area contributed by atoms with Crippen LogP contribution in [0.25, 0.3) is 0 Å². The number of rotatable bonds is 0. The molecule has 0 radical (unpaired) electrons. The molecular formula is C11H8O2S2. The van der Waals surface area contributed by atoms with Crippen molar-refractivity contribution in [3.05, 3.63) is 43.8 Å². The van der Waals surface area contributed by atoms with E-state index in [1.165, 1.54) is 22.7 Å². The van der Waals surface area contributed by atoms with E-state index in [2.05, 4.69) is 0 Å². The van der Waals surface area contributed by atoms with E-state index in [1.807, 2.05) is 16.8 Å². The lowest BCUT2D eigenvalue weighted by Crippen LogP contribution is -2.29.